The molecule has 0 fully saturated rings. The highest BCUT2D eigenvalue weighted by Crippen LogP contribution is 2.33. The summed E-state index contributed by atoms with van der Waals surface area (Å²) in [7, 11) is 0. The normalized spacial score (nSPS) is 19.0. The Morgan fingerprint density at radius 2 is 2.38 bits per heavy atom. The maximum atomic E-state index is 13.3. The molecule has 1 heterocycles. The summed E-state index contributed by atoms with van der Waals surface area (Å²) in [6.07, 6.45) is 0. The molecule has 2 rings (SSSR count). The lowest BCUT2D eigenvalue weighted by Crippen LogP contribution is -2.12. The van der Waals surface area contributed by atoms with E-state index in [0.29, 0.717) is 11.3 Å². The number of nitrogens with zero attached hydrogens (tertiary/aromatic N) is 1. The van der Waals surface area contributed by atoms with Gasteiger partial charge in [0.1, 0.15) is 18.2 Å². The van der Waals surface area contributed by atoms with Gasteiger partial charge < -0.3 is 10.5 Å². The summed E-state index contributed by atoms with van der Waals surface area (Å²) in [5.41, 5.74) is 6.22. The molecular formula is C9H7FN2O. The van der Waals surface area contributed by atoms with E-state index in [-0.39, 0.29) is 12.2 Å². The highest BCUT2D eigenvalue weighted by atomic mass is 19.1. The summed E-state index contributed by atoms with van der Waals surface area (Å²) >= 11 is 0. The topological polar surface area (TPSA) is 59.0 Å². The molecule has 0 aromatic heterocycles. The van der Waals surface area contributed by atoms with E-state index in [1.807, 2.05) is 6.07 Å². The van der Waals surface area contributed by atoms with Crippen molar-refractivity contribution in [2.45, 2.75) is 6.04 Å². The Morgan fingerprint density at radius 3 is 3.08 bits per heavy atom. The van der Waals surface area contributed by atoms with E-state index in [2.05, 4.69) is 0 Å². The van der Waals surface area contributed by atoms with Crippen LogP contribution in [0.1, 0.15) is 17.2 Å². The molecule has 2 N–H and O–H groups in total. The van der Waals surface area contributed by atoms with Crippen molar-refractivity contribution in [1.29, 1.82) is 5.26 Å². The van der Waals surface area contributed by atoms with Crippen LogP contribution in [-0.2, 0) is 0 Å². The average molecular weight is 178 g/mol. The van der Waals surface area contributed by atoms with Gasteiger partial charge in [0.2, 0.25) is 0 Å². The zero-order valence-electron chi connectivity index (χ0n) is 6.75. The van der Waals surface area contributed by atoms with Crippen molar-refractivity contribution < 1.29 is 9.13 Å². The van der Waals surface area contributed by atoms with Gasteiger partial charge in [-0.3, -0.25) is 0 Å². The molecule has 0 bridgehead atoms. The van der Waals surface area contributed by atoms with Crippen molar-refractivity contribution in [3.63, 3.8) is 0 Å². The van der Waals surface area contributed by atoms with Crippen molar-refractivity contribution in [3.05, 3.63) is 29.1 Å². The van der Waals surface area contributed by atoms with E-state index >= 15 is 0 Å². The summed E-state index contributed by atoms with van der Waals surface area (Å²) in [6, 6.07) is 4.12. The van der Waals surface area contributed by atoms with Gasteiger partial charge in [-0.25, -0.2) is 4.39 Å². The summed E-state index contributed by atoms with van der Waals surface area (Å²) in [5, 5.41) is 8.56. The van der Waals surface area contributed by atoms with Crippen molar-refractivity contribution >= 4 is 0 Å². The number of benzene rings is 1. The van der Waals surface area contributed by atoms with Crippen LogP contribution in [0.5, 0.6) is 5.75 Å². The molecule has 66 valence electrons. The number of ether oxygens (including phenoxy) is 1. The molecule has 0 radical (unpaired) electrons. The quantitative estimate of drug-likeness (QED) is 0.646. The molecule has 0 saturated carbocycles. The van der Waals surface area contributed by atoms with Gasteiger partial charge in [0, 0.05) is 0 Å². The van der Waals surface area contributed by atoms with Crippen LogP contribution in [0, 0.1) is 17.1 Å². The van der Waals surface area contributed by atoms with E-state index in [1.165, 1.54) is 12.1 Å². The fourth-order valence-electron chi connectivity index (χ4n) is 1.40. The van der Waals surface area contributed by atoms with Crippen LogP contribution in [0.2, 0.25) is 0 Å². The SMILES string of the molecule is N#Cc1cc(F)c2c(c1)OCC2N. The molecule has 1 aromatic rings. The number of nitrogens with two attached hydrogens (primary N) is 1. The second-order valence-corrected chi connectivity index (χ2v) is 2.90. The number of fused-ring (bicyclic) bond motifs is 1. The number of hydrogen-bond acceptors (Lipinski definition) is 3. The van der Waals surface area contributed by atoms with Gasteiger partial charge in [0.05, 0.1) is 23.2 Å². The third-order valence-corrected chi connectivity index (χ3v) is 2.01. The van der Waals surface area contributed by atoms with Crippen molar-refractivity contribution in [1.82, 2.24) is 0 Å². The molecule has 1 atom stereocenters. The summed E-state index contributed by atoms with van der Waals surface area (Å²) in [5.74, 6) is -0.0666. The van der Waals surface area contributed by atoms with Gasteiger partial charge in [0.25, 0.3) is 0 Å². The lowest BCUT2D eigenvalue weighted by molar-refractivity contribution is 0.333. The zero-order chi connectivity index (χ0) is 9.42. The van der Waals surface area contributed by atoms with Crippen LogP contribution in [-0.4, -0.2) is 6.61 Å². The first-order chi connectivity index (χ1) is 6.22. The van der Waals surface area contributed by atoms with E-state index in [9.17, 15) is 4.39 Å². The lowest BCUT2D eigenvalue weighted by atomic mass is 10.1. The standard InChI is InChI=1S/C9H7FN2O/c10-6-1-5(3-11)2-8-9(6)7(12)4-13-8/h1-2,7H,4,12H2. The Balaban J connectivity index is 2.61. The van der Waals surface area contributed by atoms with Crippen LogP contribution >= 0.6 is 0 Å². The monoisotopic (exact) mass is 178 g/mol. The van der Waals surface area contributed by atoms with Crippen LogP contribution in [0.15, 0.2) is 12.1 Å². The second kappa shape index (κ2) is 2.71. The van der Waals surface area contributed by atoms with Gasteiger partial charge in [-0.2, -0.15) is 5.26 Å². The number of nitriles is 1. The second-order valence-electron chi connectivity index (χ2n) is 2.90. The highest BCUT2D eigenvalue weighted by Gasteiger charge is 2.25. The summed E-state index contributed by atoms with van der Waals surface area (Å²) < 4.78 is 18.4. The van der Waals surface area contributed by atoms with E-state index in [0.717, 1.165) is 0 Å². The van der Waals surface area contributed by atoms with Crippen molar-refractivity contribution in [2.24, 2.45) is 5.73 Å². The Kier molecular flexibility index (Phi) is 1.67. The minimum Gasteiger partial charge on any atom is -0.491 e. The Morgan fingerprint density at radius 1 is 1.62 bits per heavy atom. The summed E-state index contributed by atoms with van der Waals surface area (Å²) in [4.78, 5) is 0. The fourth-order valence-corrected chi connectivity index (χ4v) is 1.40. The smallest absolute Gasteiger partial charge is 0.133 e. The molecular weight excluding hydrogens is 171 g/mol. The minimum atomic E-state index is -0.459. The van der Waals surface area contributed by atoms with E-state index in [1.54, 1.807) is 0 Å². The molecule has 1 aliphatic rings. The van der Waals surface area contributed by atoms with Gasteiger partial charge in [-0.05, 0) is 12.1 Å². The molecule has 3 nitrogen and oxygen atoms in total. The third-order valence-electron chi connectivity index (χ3n) is 2.01. The predicted molar refractivity (Wildman–Crippen MR) is 43.5 cm³/mol. The largest absolute Gasteiger partial charge is 0.491 e. The Hall–Kier alpha value is -1.60. The predicted octanol–water partition coefficient (Wildman–Crippen LogP) is 1.09. The van der Waals surface area contributed by atoms with Crippen LogP contribution < -0.4 is 10.5 Å². The molecule has 0 spiro atoms. The Labute approximate surface area is 74.5 Å². The van der Waals surface area contributed by atoms with Gasteiger partial charge in [0.15, 0.2) is 0 Å². The average Bonchev–Trinajstić information content (AvgIpc) is 2.48. The first-order valence-electron chi connectivity index (χ1n) is 3.84. The van der Waals surface area contributed by atoms with Gasteiger partial charge >= 0.3 is 0 Å². The molecule has 1 unspecified atom stereocenters. The molecule has 4 heteroatoms. The molecule has 1 aromatic carbocycles. The molecule has 1 aliphatic heterocycles. The van der Waals surface area contributed by atoms with Crippen LogP contribution in [0.3, 0.4) is 0 Å². The molecule has 13 heavy (non-hydrogen) atoms. The summed E-state index contributed by atoms with van der Waals surface area (Å²) in [6.45, 7) is 0.279. The van der Waals surface area contributed by atoms with Crippen molar-refractivity contribution in [2.75, 3.05) is 6.61 Å². The maximum Gasteiger partial charge on any atom is 0.133 e. The number of hydrogen-bond donors (Lipinski definition) is 1. The Bertz CT molecular complexity index is 397. The highest BCUT2D eigenvalue weighted by molar-refractivity contribution is 5.46. The number of rotatable bonds is 0. The molecule has 0 saturated heterocycles. The first kappa shape index (κ1) is 8.02. The van der Waals surface area contributed by atoms with E-state index < -0.39 is 11.9 Å². The van der Waals surface area contributed by atoms with Crippen molar-refractivity contribution in [3.8, 4) is 11.8 Å². The fraction of sp³-hybridized carbons (Fsp3) is 0.222. The first-order valence-corrected chi connectivity index (χ1v) is 3.84. The minimum absolute atomic E-state index is 0.255. The van der Waals surface area contributed by atoms with Crippen LogP contribution in [0.4, 0.5) is 4.39 Å². The van der Waals surface area contributed by atoms with Crippen LogP contribution in [0.25, 0.3) is 0 Å². The zero-order valence-corrected chi connectivity index (χ0v) is 6.75. The molecule has 0 aliphatic carbocycles. The molecule has 0 amide bonds. The van der Waals surface area contributed by atoms with E-state index in [4.69, 9.17) is 15.7 Å². The van der Waals surface area contributed by atoms with Gasteiger partial charge in [-0.15, -0.1) is 0 Å². The third kappa shape index (κ3) is 1.14. The maximum absolute atomic E-state index is 13.3. The van der Waals surface area contributed by atoms with Gasteiger partial charge in [-0.1, -0.05) is 0 Å². The lowest BCUT2D eigenvalue weighted by Gasteiger charge is -2.02. The number of halogens is 1.